The number of benzene rings is 3. The Morgan fingerprint density at radius 3 is 1.90 bits per heavy atom. The van der Waals surface area contributed by atoms with Crippen LogP contribution in [0, 0.1) is 0 Å². The average Bonchev–Trinajstić information content (AvgIpc) is 3.04. The van der Waals surface area contributed by atoms with E-state index in [9.17, 15) is 0 Å². The molecule has 2 unspecified atom stereocenters. The molecule has 3 aliphatic rings. The highest BCUT2D eigenvalue weighted by atomic mass is 16.5. The van der Waals surface area contributed by atoms with Crippen LogP contribution in [0.1, 0.15) is 45.2 Å². The molecule has 5 heteroatoms. The summed E-state index contributed by atoms with van der Waals surface area (Å²) in [6, 6.07) is 14.8. The first kappa shape index (κ1) is 19.6. The lowest BCUT2D eigenvalue weighted by Gasteiger charge is -2.33. The van der Waals surface area contributed by atoms with Gasteiger partial charge in [-0.25, -0.2) is 0 Å². The van der Waals surface area contributed by atoms with Gasteiger partial charge in [0, 0.05) is 23.5 Å². The number of methoxy groups -OCH3 is 5. The second-order valence-corrected chi connectivity index (χ2v) is 7.92. The van der Waals surface area contributed by atoms with Crippen molar-refractivity contribution in [3.8, 4) is 28.7 Å². The van der Waals surface area contributed by atoms with Crippen molar-refractivity contribution in [3.05, 3.63) is 75.8 Å². The third kappa shape index (κ3) is 2.83. The van der Waals surface area contributed by atoms with E-state index in [1.165, 1.54) is 33.4 Å². The van der Waals surface area contributed by atoms with Crippen molar-refractivity contribution in [2.45, 2.75) is 18.3 Å². The van der Waals surface area contributed by atoms with Gasteiger partial charge in [-0.3, -0.25) is 0 Å². The Hall–Kier alpha value is -3.34. The van der Waals surface area contributed by atoms with Crippen molar-refractivity contribution < 1.29 is 23.7 Å². The highest BCUT2D eigenvalue weighted by molar-refractivity contribution is 5.69. The van der Waals surface area contributed by atoms with Crippen LogP contribution in [-0.2, 0) is 6.42 Å². The van der Waals surface area contributed by atoms with E-state index in [0.29, 0.717) is 0 Å². The van der Waals surface area contributed by atoms with E-state index in [-0.39, 0.29) is 11.8 Å². The molecule has 3 aromatic carbocycles. The normalized spacial score (nSPS) is 17.7. The zero-order valence-corrected chi connectivity index (χ0v) is 18.4. The molecule has 0 fully saturated rings. The van der Waals surface area contributed by atoms with E-state index in [2.05, 4.69) is 30.3 Å². The van der Waals surface area contributed by atoms with Crippen molar-refractivity contribution in [3.63, 3.8) is 0 Å². The van der Waals surface area contributed by atoms with Gasteiger partial charge in [0.15, 0.2) is 11.5 Å². The molecule has 0 radical (unpaired) electrons. The van der Waals surface area contributed by atoms with Crippen LogP contribution in [0.25, 0.3) is 0 Å². The minimum atomic E-state index is 0.0356. The molecule has 0 aliphatic heterocycles. The van der Waals surface area contributed by atoms with E-state index in [0.717, 1.165) is 35.2 Å². The Morgan fingerprint density at radius 1 is 0.581 bits per heavy atom. The summed E-state index contributed by atoms with van der Waals surface area (Å²) in [6.45, 7) is 0. The molecule has 5 nitrogen and oxygen atoms in total. The molecule has 0 aromatic heterocycles. The number of hydrogen-bond acceptors (Lipinski definition) is 5. The smallest absolute Gasteiger partial charge is 0.161 e. The van der Waals surface area contributed by atoms with E-state index >= 15 is 0 Å². The molecule has 3 aliphatic carbocycles. The molecular formula is C26H26O5. The maximum Gasteiger partial charge on any atom is 0.161 e. The standard InChI is InChI=1S/C26H26O5/c1-27-15-6-7-17-14(8-15)9-19-18-12-22(29-3)23(30-4)13-20(18)25(17)21-10-16(28-2)11-24(31-5)26(19)21/h6-8,10-13,19,25H,9H2,1-5H3. The molecule has 0 amide bonds. The van der Waals surface area contributed by atoms with Gasteiger partial charge < -0.3 is 23.7 Å². The van der Waals surface area contributed by atoms with Crippen LogP contribution in [0.4, 0.5) is 0 Å². The molecule has 0 N–H and O–H groups in total. The second-order valence-electron chi connectivity index (χ2n) is 7.92. The zero-order valence-electron chi connectivity index (χ0n) is 18.4. The Kier molecular flexibility index (Phi) is 4.69. The van der Waals surface area contributed by atoms with Gasteiger partial charge >= 0.3 is 0 Å². The third-order valence-electron chi connectivity index (χ3n) is 6.62. The first-order chi connectivity index (χ1) is 15.1. The molecule has 0 saturated heterocycles. The average molecular weight is 418 g/mol. The van der Waals surface area contributed by atoms with Crippen LogP contribution in [0.2, 0.25) is 0 Å². The number of ether oxygens (including phenoxy) is 5. The van der Waals surface area contributed by atoms with E-state index in [4.69, 9.17) is 23.7 Å². The van der Waals surface area contributed by atoms with Crippen molar-refractivity contribution >= 4 is 0 Å². The summed E-state index contributed by atoms with van der Waals surface area (Å²) >= 11 is 0. The first-order valence-corrected chi connectivity index (χ1v) is 10.3. The molecule has 3 aromatic rings. The van der Waals surface area contributed by atoms with Crippen LogP contribution < -0.4 is 23.7 Å². The fourth-order valence-electron chi connectivity index (χ4n) is 5.24. The molecular weight excluding hydrogens is 392 g/mol. The SMILES string of the molecule is COc1ccc2c(c1)CC1c3cc(OC)c(OC)cc3C2c2cc(OC)cc(OC)c21. The summed E-state index contributed by atoms with van der Waals surface area (Å²) in [7, 11) is 8.48. The van der Waals surface area contributed by atoms with Gasteiger partial charge in [0.05, 0.1) is 35.5 Å². The van der Waals surface area contributed by atoms with Gasteiger partial charge in [-0.1, -0.05) is 6.07 Å². The predicted molar refractivity (Wildman–Crippen MR) is 119 cm³/mol. The van der Waals surface area contributed by atoms with Crippen LogP contribution >= 0.6 is 0 Å². The van der Waals surface area contributed by atoms with Gasteiger partial charge in [0.1, 0.15) is 17.2 Å². The zero-order chi connectivity index (χ0) is 21.7. The lowest BCUT2D eigenvalue weighted by Crippen LogP contribution is -2.18. The molecule has 6 rings (SSSR count). The minimum absolute atomic E-state index is 0.0356. The second kappa shape index (κ2) is 7.41. The first-order valence-electron chi connectivity index (χ1n) is 10.3. The monoisotopic (exact) mass is 418 g/mol. The predicted octanol–water partition coefficient (Wildman–Crippen LogP) is 4.91. The molecule has 0 spiro atoms. The number of rotatable bonds is 5. The van der Waals surface area contributed by atoms with Crippen molar-refractivity contribution in [2.75, 3.05) is 35.5 Å². The van der Waals surface area contributed by atoms with Gasteiger partial charge in [0.25, 0.3) is 0 Å². The lowest BCUT2D eigenvalue weighted by atomic mass is 9.72. The molecule has 160 valence electrons. The van der Waals surface area contributed by atoms with Gasteiger partial charge in [-0.2, -0.15) is 0 Å². The lowest BCUT2D eigenvalue weighted by molar-refractivity contribution is 0.353. The fraction of sp³-hybridized carbons (Fsp3) is 0.308. The topological polar surface area (TPSA) is 46.2 Å². The molecule has 31 heavy (non-hydrogen) atoms. The minimum Gasteiger partial charge on any atom is -0.497 e. The van der Waals surface area contributed by atoms with Crippen molar-refractivity contribution in [2.24, 2.45) is 0 Å². The summed E-state index contributed by atoms with van der Waals surface area (Å²) in [5, 5.41) is 0. The summed E-state index contributed by atoms with van der Waals surface area (Å²) in [4.78, 5) is 0. The van der Waals surface area contributed by atoms with E-state index < -0.39 is 0 Å². The highest BCUT2D eigenvalue weighted by Crippen LogP contribution is 2.57. The maximum absolute atomic E-state index is 5.86. The molecule has 2 atom stereocenters. The Morgan fingerprint density at radius 2 is 1.26 bits per heavy atom. The van der Waals surface area contributed by atoms with E-state index in [1.54, 1.807) is 35.5 Å². The summed E-state index contributed by atoms with van der Waals surface area (Å²) in [6.07, 6.45) is 0.848. The van der Waals surface area contributed by atoms with Gasteiger partial charge in [0.2, 0.25) is 0 Å². The maximum atomic E-state index is 5.86. The van der Waals surface area contributed by atoms with Crippen molar-refractivity contribution in [1.82, 2.24) is 0 Å². The largest absolute Gasteiger partial charge is 0.497 e. The summed E-state index contributed by atoms with van der Waals surface area (Å²) in [5.41, 5.74) is 7.45. The molecule has 0 saturated carbocycles. The van der Waals surface area contributed by atoms with Gasteiger partial charge in [-0.15, -0.1) is 0 Å². The Balaban J connectivity index is 1.86. The quantitative estimate of drug-likeness (QED) is 0.589. The number of hydrogen-bond donors (Lipinski definition) is 0. The third-order valence-corrected chi connectivity index (χ3v) is 6.62. The summed E-state index contributed by atoms with van der Waals surface area (Å²) < 4.78 is 28.3. The van der Waals surface area contributed by atoms with Crippen LogP contribution in [0.5, 0.6) is 28.7 Å². The van der Waals surface area contributed by atoms with Crippen molar-refractivity contribution in [1.29, 1.82) is 0 Å². The fourth-order valence-corrected chi connectivity index (χ4v) is 5.24. The summed E-state index contributed by atoms with van der Waals surface area (Å²) in [5.74, 6) is 4.14. The molecule has 0 heterocycles. The Labute approximate surface area is 182 Å². The van der Waals surface area contributed by atoms with E-state index in [1.807, 2.05) is 12.1 Å². The van der Waals surface area contributed by atoms with Crippen LogP contribution in [0.15, 0.2) is 42.5 Å². The van der Waals surface area contributed by atoms with Crippen LogP contribution in [0.3, 0.4) is 0 Å². The Bertz CT molecular complexity index is 1170. The van der Waals surface area contributed by atoms with Crippen LogP contribution in [-0.4, -0.2) is 35.5 Å². The van der Waals surface area contributed by atoms with Gasteiger partial charge in [-0.05, 0) is 64.6 Å². The molecule has 2 bridgehead atoms. The highest BCUT2D eigenvalue weighted by Gasteiger charge is 2.41.